The first-order chi connectivity index (χ1) is 2.91. The van der Waals surface area contributed by atoms with Gasteiger partial charge in [0.25, 0.3) is 0 Å². The van der Waals surface area contributed by atoms with E-state index in [1.807, 2.05) is 0 Å². The third kappa shape index (κ3) is 4.07. The summed E-state index contributed by atoms with van der Waals surface area (Å²) in [5, 5.41) is 0. The number of hydrogen-bond donors (Lipinski definition) is 2. The van der Waals surface area contributed by atoms with Gasteiger partial charge < -0.3 is 0 Å². The van der Waals surface area contributed by atoms with E-state index < -0.39 is 0 Å². The fraction of sp³-hybridized carbons (Fsp3) is 1.00. The fourth-order valence-corrected chi connectivity index (χ4v) is 0.273. The van der Waals surface area contributed by atoms with E-state index in [1.54, 1.807) is 6.92 Å². The molecule has 0 aromatic carbocycles. The Bertz CT molecular complexity index is 40.5. The van der Waals surface area contributed by atoms with Gasteiger partial charge in [-0.15, -0.1) is 4.89 Å². The summed E-state index contributed by atoms with van der Waals surface area (Å²) in [6.45, 7) is 2.34. The van der Waals surface area contributed by atoms with Gasteiger partial charge in [0.1, 0.15) is 11.9 Å². The maximum Gasteiger partial charge on any atom is 0.102 e. The summed E-state index contributed by atoms with van der Waals surface area (Å²) < 4.78 is 9.42. The number of nitrogens with one attached hydrogen (secondary N) is 1. The molecule has 3 nitrogen and oxygen atoms in total. The molecule has 0 unspecified atom stereocenters. The van der Waals surface area contributed by atoms with Gasteiger partial charge in [-0.25, -0.2) is 4.21 Å². The molecule has 4 heteroatoms. The first kappa shape index (κ1) is 6.07. The Labute approximate surface area is 40.3 Å². The average Bonchev–Trinajstić information content (AvgIpc) is 1.61. The largest absolute Gasteiger partial charge is 0.290 e. The van der Waals surface area contributed by atoms with Gasteiger partial charge >= 0.3 is 0 Å². The Morgan fingerprint density at radius 3 is 2.83 bits per heavy atom. The second-order valence-corrected chi connectivity index (χ2v) is 0.981. The molecule has 0 bridgehead atoms. The third-order valence-corrected chi connectivity index (χ3v) is 0.450. The van der Waals surface area contributed by atoms with Crippen molar-refractivity contribution in [1.29, 1.82) is 0 Å². The highest BCUT2D eigenvalue weighted by molar-refractivity contribution is 7.63. The van der Waals surface area contributed by atoms with Crippen LogP contribution in [0.15, 0.2) is 0 Å². The summed E-state index contributed by atoms with van der Waals surface area (Å²) in [7, 11) is 0. The van der Waals surface area contributed by atoms with Crippen LogP contribution in [0, 0.1) is 0 Å². The van der Waals surface area contributed by atoms with E-state index in [9.17, 15) is 4.21 Å². The van der Waals surface area contributed by atoms with E-state index >= 15 is 0 Å². The van der Waals surface area contributed by atoms with E-state index in [2.05, 4.69) is 9.72 Å². The van der Waals surface area contributed by atoms with Crippen molar-refractivity contribution < 1.29 is 9.05 Å². The molecule has 0 rings (SSSR count). The highest BCUT2D eigenvalue weighted by atomic mass is 32.2. The number of hydrogen-bond acceptors (Lipinski definition) is 2. The van der Waals surface area contributed by atoms with Crippen LogP contribution in [-0.4, -0.2) is 10.8 Å². The molecule has 0 saturated heterocycles. The Balaban J connectivity index is 2.49. The molecule has 6 heavy (non-hydrogen) atoms. The summed E-state index contributed by atoms with van der Waals surface area (Å²) >= 11 is -0.177. The van der Waals surface area contributed by atoms with Crippen LogP contribution in [0.3, 0.4) is 0 Å². The molecule has 0 heterocycles. The normalized spacial score (nSPS) is 8.83. The molecule has 0 fully saturated rings. The Morgan fingerprint density at radius 2 is 2.67 bits per heavy atom. The van der Waals surface area contributed by atoms with Crippen LogP contribution >= 0.6 is 0 Å². The van der Waals surface area contributed by atoms with Gasteiger partial charge in [0.2, 0.25) is 0 Å². The Kier molecular flexibility index (Phi) is 5.13. The number of thiol groups is 1. The first-order valence-corrected chi connectivity index (χ1v) is 2.42. The molecular weight excluding hydrogens is 102 g/mol. The summed E-state index contributed by atoms with van der Waals surface area (Å²) in [4.78, 5) is 6.52. The second-order valence-electron chi connectivity index (χ2n) is 0.616. The zero-order chi connectivity index (χ0) is 4.83. The van der Waals surface area contributed by atoms with Gasteiger partial charge in [0.05, 0.1) is 6.61 Å². The predicted octanol–water partition coefficient (Wildman–Crippen LogP) is -0.612. The van der Waals surface area contributed by atoms with Crippen molar-refractivity contribution in [3.63, 3.8) is 0 Å². The molecule has 0 aliphatic heterocycles. The van der Waals surface area contributed by atoms with E-state index in [-0.39, 0.29) is 11.9 Å². The Hall–Kier alpha value is 0.0700. The van der Waals surface area contributed by atoms with Crippen molar-refractivity contribution in [1.82, 2.24) is 4.89 Å². The van der Waals surface area contributed by atoms with Gasteiger partial charge in [-0.1, -0.05) is 0 Å². The lowest BCUT2D eigenvalue weighted by Gasteiger charge is -1.87. The molecule has 0 aliphatic carbocycles. The van der Waals surface area contributed by atoms with E-state index in [0.717, 1.165) is 0 Å². The highest BCUT2D eigenvalue weighted by Crippen LogP contribution is 1.56. The van der Waals surface area contributed by atoms with E-state index in [4.69, 9.17) is 0 Å². The molecule has 38 valence electrons. The van der Waals surface area contributed by atoms with Crippen LogP contribution in [0.1, 0.15) is 6.92 Å². The average molecular weight is 109 g/mol. The van der Waals surface area contributed by atoms with Crippen molar-refractivity contribution in [2.45, 2.75) is 6.92 Å². The van der Waals surface area contributed by atoms with Gasteiger partial charge in [-0.2, -0.15) is 0 Å². The lowest BCUT2D eigenvalue weighted by Crippen LogP contribution is -2.06. The topological polar surface area (TPSA) is 38.3 Å². The van der Waals surface area contributed by atoms with Crippen molar-refractivity contribution >= 4 is 11.9 Å². The molecule has 1 N–H and O–H groups in total. The summed E-state index contributed by atoms with van der Waals surface area (Å²) in [6, 6.07) is 0. The lowest BCUT2D eigenvalue weighted by molar-refractivity contribution is 0.112. The lowest BCUT2D eigenvalue weighted by atomic mass is 10.9. The zero-order valence-electron chi connectivity index (χ0n) is 3.47. The fourth-order valence-electron chi connectivity index (χ4n) is 0.0909. The molecule has 0 aromatic rings. The van der Waals surface area contributed by atoms with E-state index in [1.165, 1.54) is 0 Å². The third-order valence-electron chi connectivity index (χ3n) is 0.246. The Morgan fingerprint density at radius 1 is 2.00 bits per heavy atom. The summed E-state index contributed by atoms with van der Waals surface area (Å²) in [5.41, 5.74) is 0. The minimum Gasteiger partial charge on any atom is -0.290 e. The van der Waals surface area contributed by atoms with Crippen LogP contribution in [0.25, 0.3) is 0 Å². The SMILES string of the molecule is CCON[SH]=O. The monoisotopic (exact) mass is 109 g/mol. The summed E-state index contributed by atoms with van der Waals surface area (Å²) in [5.74, 6) is 0. The molecule has 0 atom stereocenters. The van der Waals surface area contributed by atoms with Crippen molar-refractivity contribution in [2.24, 2.45) is 0 Å². The minimum atomic E-state index is -0.177. The molecular formula is C2H7NO2S. The van der Waals surface area contributed by atoms with E-state index in [0.29, 0.717) is 6.61 Å². The standard InChI is InChI=1S/C2H7NO2S/c1-2-5-3-6-4/h6H,2H2,1H3,(H,3,4). The maximum atomic E-state index is 9.42. The van der Waals surface area contributed by atoms with Crippen LogP contribution < -0.4 is 4.89 Å². The second kappa shape index (κ2) is 5.07. The molecule has 0 amide bonds. The van der Waals surface area contributed by atoms with Gasteiger partial charge in [0.15, 0.2) is 0 Å². The van der Waals surface area contributed by atoms with Crippen LogP contribution in [0.4, 0.5) is 0 Å². The highest BCUT2D eigenvalue weighted by Gasteiger charge is 1.67. The van der Waals surface area contributed by atoms with Crippen LogP contribution in [0.2, 0.25) is 0 Å². The van der Waals surface area contributed by atoms with Gasteiger partial charge in [0, 0.05) is 0 Å². The van der Waals surface area contributed by atoms with Crippen LogP contribution in [-0.2, 0) is 16.7 Å². The molecule has 0 radical (unpaired) electrons. The molecule has 0 saturated carbocycles. The van der Waals surface area contributed by atoms with Gasteiger partial charge in [-0.3, -0.25) is 4.84 Å². The minimum absolute atomic E-state index is 0.177. The van der Waals surface area contributed by atoms with Crippen molar-refractivity contribution in [3.05, 3.63) is 0 Å². The summed E-state index contributed by atoms with van der Waals surface area (Å²) in [6.07, 6.45) is 0. The quantitative estimate of drug-likeness (QED) is 0.288. The van der Waals surface area contributed by atoms with Gasteiger partial charge in [-0.05, 0) is 6.92 Å². The van der Waals surface area contributed by atoms with Crippen molar-refractivity contribution in [2.75, 3.05) is 6.61 Å². The van der Waals surface area contributed by atoms with Crippen molar-refractivity contribution in [3.8, 4) is 0 Å². The predicted molar refractivity (Wildman–Crippen MR) is 24.3 cm³/mol. The maximum absolute atomic E-state index is 9.42. The smallest absolute Gasteiger partial charge is 0.102 e. The first-order valence-electron chi connectivity index (χ1n) is 1.61. The zero-order valence-corrected chi connectivity index (χ0v) is 4.37. The molecule has 0 spiro atoms. The number of rotatable bonds is 3. The molecule has 0 aliphatic rings. The van der Waals surface area contributed by atoms with Crippen LogP contribution in [0.5, 0.6) is 0 Å². The molecule has 0 aromatic heterocycles.